The van der Waals surface area contributed by atoms with E-state index in [2.05, 4.69) is 20.8 Å². The van der Waals surface area contributed by atoms with Gasteiger partial charge in [-0.2, -0.15) is 4.68 Å². The molecule has 1 aromatic heterocycles. The fourth-order valence-corrected chi connectivity index (χ4v) is 2.32. The number of nitro benzene ring substituents is 1. The number of hydrogen-bond donors (Lipinski definition) is 1. The summed E-state index contributed by atoms with van der Waals surface area (Å²) in [5.74, 6) is 0.483. The van der Waals surface area contributed by atoms with Gasteiger partial charge in [-0.3, -0.25) is 14.9 Å². The van der Waals surface area contributed by atoms with E-state index in [0.29, 0.717) is 17.3 Å². The van der Waals surface area contributed by atoms with Crippen molar-refractivity contribution in [3.05, 3.63) is 70.0 Å². The van der Waals surface area contributed by atoms with Crippen LogP contribution in [0.3, 0.4) is 0 Å². The third kappa shape index (κ3) is 3.48. The van der Waals surface area contributed by atoms with Gasteiger partial charge in [0.05, 0.1) is 24.3 Å². The summed E-state index contributed by atoms with van der Waals surface area (Å²) < 4.78 is 6.56. The molecule has 0 saturated carbocycles. The Morgan fingerprint density at radius 1 is 1.23 bits per heavy atom. The van der Waals surface area contributed by atoms with Crippen molar-refractivity contribution >= 4 is 11.6 Å². The number of nitro groups is 1. The molecule has 0 spiro atoms. The van der Waals surface area contributed by atoms with Crippen molar-refractivity contribution in [3.63, 3.8) is 0 Å². The second-order valence-electron chi connectivity index (χ2n) is 5.16. The molecule has 1 amide bonds. The number of nitrogens with one attached hydrogen (secondary N) is 1. The van der Waals surface area contributed by atoms with Gasteiger partial charge >= 0.3 is 0 Å². The number of benzene rings is 2. The van der Waals surface area contributed by atoms with Crippen LogP contribution in [0, 0.1) is 10.1 Å². The third-order valence-corrected chi connectivity index (χ3v) is 3.60. The van der Waals surface area contributed by atoms with Crippen LogP contribution < -0.4 is 10.1 Å². The van der Waals surface area contributed by atoms with Crippen LogP contribution in [-0.4, -0.2) is 38.1 Å². The van der Waals surface area contributed by atoms with Crippen LogP contribution in [0.4, 0.5) is 5.69 Å². The second kappa shape index (κ2) is 7.38. The summed E-state index contributed by atoms with van der Waals surface area (Å²) in [5, 5.41) is 25.0. The lowest BCUT2D eigenvalue weighted by Gasteiger charge is -2.07. The van der Waals surface area contributed by atoms with Gasteiger partial charge in [0.15, 0.2) is 5.82 Å². The Morgan fingerprint density at radius 2 is 1.96 bits per heavy atom. The van der Waals surface area contributed by atoms with E-state index < -0.39 is 10.8 Å². The number of carbonyl (C=O) groups is 1. The molecule has 0 unspecified atom stereocenters. The lowest BCUT2D eigenvalue weighted by Crippen LogP contribution is -2.25. The first-order chi connectivity index (χ1) is 12.6. The molecule has 3 rings (SSSR count). The van der Waals surface area contributed by atoms with E-state index in [-0.39, 0.29) is 17.8 Å². The fraction of sp³-hybridized carbons (Fsp3) is 0.125. The molecule has 1 N–H and O–H groups in total. The molecular weight excluding hydrogens is 340 g/mol. The number of carbonyl (C=O) groups excluding carboxylic acids is 1. The number of para-hydroxylation sites is 1. The van der Waals surface area contributed by atoms with Gasteiger partial charge in [0, 0.05) is 6.07 Å². The first-order valence-electron chi connectivity index (χ1n) is 7.53. The van der Waals surface area contributed by atoms with Gasteiger partial charge in [0.25, 0.3) is 11.6 Å². The van der Waals surface area contributed by atoms with Crippen LogP contribution in [0.15, 0.2) is 48.5 Å². The number of rotatable bonds is 6. The molecule has 0 fully saturated rings. The standard InChI is InChI=1S/C16H14N6O4/c1-26-12-8-6-11(7-9-12)21-15(18-19-20-21)10-17-16(23)13-4-2-3-5-14(13)22(24)25/h2-9H,10H2,1H3,(H,17,23). The molecule has 0 aliphatic rings. The van der Waals surface area contributed by atoms with Crippen LogP contribution in [0.1, 0.15) is 16.2 Å². The molecule has 0 aliphatic heterocycles. The first-order valence-corrected chi connectivity index (χ1v) is 7.53. The number of tetrazole rings is 1. The van der Waals surface area contributed by atoms with Crippen molar-refractivity contribution in [2.75, 3.05) is 7.11 Å². The lowest BCUT2D eigenvalue weighted by atomic mass is 10.1. The van der Waals surface area contributed by atoms with Crippen molar-refractivity contribution in [1.29, 1.82) is 0 Å². The Hall–Kier alpha value is -3.82. The quantitative estimate of drug-likeness (QED) is 0.525. The fourth-order valence-electron chi connectivity index (χ4n) is 2.32. The van der Waals surface area contributed by atoms with Crippen LogP contribution in [0.5, 0.6) is 5.75 Å². The van der Waals surface area contributed by atoms with Gasteiger partial charge < -0.3 is 10.1 Å². The number of amides is 1. The van der Waals surface area contributed by atoms with E-state index in [0.717, 1.165) is 0 Å². The number of hydrogen-bond acceptors (Lipinski definition) is 7. The Kier molecular flexibility index (Phi) is 4.83. The lowest BCUT2D eigenvalue weighted by molar-refractivity contribution is -0.385. The maximum absolute atomic E-state index is 12.3. The van der Waals surface area contributed by atoms with Gasteiger partial charge in [-0.1, -0.05) is 12.1 Å². The molecule has 0 bridgehead atoms. The Bertz CT molecular complexity index is 938. The molecule has 0 aliphatic carbocycles. The van der Waals surface area contributed by atoms with Crippen LogP contribution in [0.2, 0.25) is 0 Å². The Balaban J connectivity index is 1.76. The van der Waals surface area contributed by atoms with Gasteiger partial charge in [0.1, 0.15) is 11.3 Å². The van der Waals surface area contributed by atoms with Gasteiger partial charge in [-0.05, 0) is 40.8 Å². The van der Waals surface area contributed by atoms with E-state index in [4.69, 9.17) is 4.74 Å². The molecule has 0 radical (unpaired) electrons. The zero-order chi connectivity index (χ0) is 18.5. The monoisotopic (exact) mass is 354 g/mol. The van der Waals surface area contributed by atoms with Crippen LogP contribution >= 0.6 is 0 Å². The summed E-state index contributed by atoms with van der Waals surface area (Å²) >= 11 is 0. The highest BCUT2D eigenvalue weighted by molar-refractivity contribution is 5.98. The molecule has 10 heteroatoms. The highest BCUT2D eigenvalue weighted by Crippen LogP contribution is 2.18. The predicted octanol–water partition coefficient (Wildman–Crippen LogP) is 1.51. The van der Waals surface area contributed by atoms with Crippen molar-refractivity contribution in [2.24, 2.45) is 0 Å². The summed E-state index contributed by atoms with van der Waals surface area (Å²) in [7, 11) is 1.57. The topological polar surface area (TPSA) is 125 Å². The van der Waals surface area contributed by atoms with Gasteiger partial charge in [0.2, 0.25) is 0 Å². The van der Waals surface area contributed by atoms with E-state index in [1.54, 1.807) is 37.4 Å². The van der Waals surface area contributed by atoms with E-state index in [1.165, 1.54) is 22.9 Å². The van der Waals surface area contributed by atoms with Crippen molar-refractivity contribution in [2.45, 2.75) is 6.54 Å². The van der Waals surface area contributed by atoms with E-state index in [9.17, 15) is 14.9 Å². The van der Waals surface area contributed by atoms with Gasteiger partial charge in [-0.25, -0.2) is 0 Å². The minimum absolute atomic E-state index is 0.00388. The molecule has 1 heterocycles. The van der Waals surface area contributed by atoms with E-state index >= 15 is 0 Å². The molecule has 0 saturated heterocycles. The molecule has 3 aromatic rings. The normalized spacial score (nSPS) is 10.3. The van der Waals surface area contributed by atoms with Crippen LogP contribution in [-0.2, 0) is 6.54 Å². The minimum Gasteiger partial charge on any atom is -0.497 e. The zero-order valence-electron chi connectivity index (χ0n) is 13.7. The number of nitrogens with zero attached hydrogens (tertiary/aromatic N) is 5. The summed E-state index contributed by atoms with van der Waals surface area (Å²) in [4.78, 5) is 22.7. The second-order valence-corrected chi connectivity index (χ2v) is 5.16. The molecule has 10 nitrogen and oxygen atoms in total. The molecule has 26 heavy (non-hydrogen) atoms. The summed E-state index contributed by atoms with van der Waals surface area (Å²) in [5.41, 5.74) is 0.395. The molecular formula is C16H14N6O4. The maximum atomic E-state index is 12.3. The highest BCUT2D eigenvalue weighted by Gasteiger charge is 2.19. The SMILES string of the molecule is COc1ccc(-n2nnnc2CNC(=O)c2ccccc2[N+](=O)[O-])cc1. The van der Waals surface area contributed by atoms with Crippen LogP contribution in [0.25, 0.3) is 5.69 Å². The summed E-state index contributed by atoms with van der Waals surface area (Å²) in [6.45, 7) is 0.00388. The third-order valence-electron chi connectivity index (χ3n) is 3.60. The predicted molar refractivity (Wildman–Crippen MR) is 90.0 cm³/mol. The Morgan fingerprint density at radius 3 is 2.65 bits per heavy atom. The van der Waals surface area contributed by atoms with Gasteiger partial charge in [-0.15, -0.1) is 5.10 Å². The van der Waals surface area contributed by atoms with Crippen molar-refractivity contribution in [1.82, 2.24) is 25.5 Å². The zero-order valence-corrected chi connectivity index (χ0v) is 13.7. The maximum Gasteiger partial charge on any atom is 0.282 e. The largest absolute Gasteiger partial charge is 0.497 e. The number of methoxy groups -OCH3 is 1. The molecule has 132 valence electrons. The smallest absolute Gasteiger partial charge is 0.282 e. The van der Waals surface area contributed by atoms with Crippen molar-refractivity contribution < 1.29 is 14.5 Å². The summed E-state index contributed by atoms with van der Waals surface area (Å²) in [6.07, 6.45) is 0. The first kappa shape index (κ1) is 17.0. The summed E-state index contributed by atoms with van der Waals surface area (Å²) in [6, 6.07) is 12.8. The number of aromatic nitrogens is 4. The Labute approximate surface area is 147 Å². The van der Waals surface area contributed by atoms with E-state index in [1.807, 2.05) is 0 Å². The number of ether oxygens (including phenoxy) is 1. The molecule has 0 atom stereocenters. The van der Waals surface area contributed by atoms with Crippen molar-refractivity contribution in [3.8, 4) is 11.4 Å². The minimum atomic E-state index is -0.601. The molecule has 2 aromatic carbocycles. The average molecular weight is 354 g/mol. The highest BCUT2D eigenvalue weighted by atomic mass is 16.6. The average Bonchev–Trinajstić information content (AvgIpc) is 3.14.